The van der Waals surface area contributed by atoms with Gasteiger partial charge in [0.25, 0.3) is 0 Å². The number of amides is 1. The number of sulfone groups is 1. The number of ether oxygens (including phenoxy) is 1. The van der Waals surface area contributed by atoms with Gasteiger partial charge in [0.2, 0.25) is 5.91 Å². The summed E-state index contributed by atoms with van der Waals surface area (Å²) in [5.41, 5.74) is 0. The molecule has 0 spiro atoms. The standard InChI is InChI=1S/C16H20ClNO6S/c17-12-1-3-13(4-2-12)25(22,23)10-15(19)18-9-14(16(20)21)11-5-7-24-8-6-11/h1-4,11,14H,5-10H2,(H,18,19)(H,20,21). The molecule has 0 saturated carbocycles. The van der Waals surface area contributed by atoms with Crippen LogP contribution in [0.4, 0.5) is 0 Å². The van der Waals surface area contributed by atoms with Gasteiger partial charge in [0.05, 0.1) is 10.8 Å². The lowest BCUT2D eigenvalue weighted by atomic mass is 9.86. The smallest absolute Gasteiger partial charge is 0.308 e. The van der Waals surface area contributed by atoms with E-state index < -0.39 is 33.4 Å². The Labute approximate surface area is 151 Å². The molecule has 1 aromatic carbocycles. The van der Waals surface area contributed by atoms with Gasteiger partial charge in [-0.15, -0.1) is 0 Å². The van der Waals surface area contributed by atoms with E-state index in [2.05, 4.69) is 5.32 Å². The van der Waals surface area contributed by atoms with Crippen molar-refractivity contribution in [3.8, 4) is 0 Å². The molecule has 1 aromatic rings. The highest BCUT2D eigenvalue weighted by atomic mass is 35.5. The second-order valence-corrected chi connectivity index (χ2v) is 8.34. The minimum absolute atomic E-state index is 0.00809. The number of hydrogen-bond acceptors (Lipinski definition) is 5. The molecule has 1 aliphatic heterocycles. The fraction of sp³-hybridized carbons (Fsp3) is 0.500. The van der Waals surface area contributed by atoms with Crippen molar-refractivity contribution < 1.29 is 27.9 Å². The molecular weight excluding hydrogens is 370 g/mol. The largest absolute Gasteiger partial charge is 0.481 e. The van der Waals surface area contributed by atoms with Crippen molar-refractivity contribution in [1.29, 1.82) is 0 Å². The highest BCUT2D eigenvalue weighted by molar-refractivity contribution is 7.92. The van der Waals surface area contributed by atoms with Gasteiger partial charge in [-0.05, 0) is 43.0 Å². The van der Waals surface area contributed by atoms with E-state index in [1.165, 1.54) is 24.3 Å². The number of benzene rings is 1. The molecule has 1 fully saturated rings. The third kappa shape index (κ3) is 5.69. The van der Waals surface area contributed by atoms with Crippen LogP contribution >= 0.6 is 11.6 Å². The average Bonchev–Trinajstić information content (AvgIpc) is 2.55. The van der Waals surface area contributed by atoms with E-state index >= 15 is 0 Å². The van der Waals surface area contributed by atoms with Crippen LogP contribution in [0.5, 0.6) is 0 Å². The summed E-state index contributed by atoms with van der Waals surface area (Å²) in [5.74, 6) is -3.33. The van der Waals surface area contributed by atoms with Gasteiger partial charge in [-0.3, -0.25) is 9.59 Å². The van der Waals surface area contributed by atoms with Crippen LogP contribution in [0.25, 0.3) is 0 Å². The van der Waals surface area contributed by atoms with Crippen LogP contribution in [0.2, 0.25) is 5.02 Å². The van der Waals surface area contributed by atoms with E-state index in [1.807, 2.05) is 0 Å². The molecule has 0 aliphatic carbocycles. The summed E-state index contributed by atoms with van der Waals surface area (Å²) in [6.07, 6.45) is 1.21. The van der Waals surface area contributed by atoms with Gasteiger partial charge in [0.15, 0.2) is 9.84 Å². The molecule has 1 unspecified atom stereocenters. The molecule has 2 N–H and O–H groups in total. The summed E-state index contributed by atoms with van der Waals surface area (Å²) in [7, 11) is -3.81. The number of carboxylic acid groups (broad SMARTS) is 1. The normalized spacial score (nSPS) is 17.0. The first-order chi connectivity index (χ1) is 11.8. The fourth-order valence-corrected chi connectivity index (χ4v) is 4.04. The van der Waals surface area contributed by atoms with Gasteiger partial charge < -0.3 is 15.2 Å². The van der Waals surface area contributed by atoms with Gasteiger partial charge in [-0.2, -0.15) is 0 Å². The highest BCUT2D eigenvalue weighted by Gasteiger charge is 2.30. The second kappa shape index (κ2) is 8.64. The number of rotatable bonds is 7. The third-order valence-corrected chi connectivity index (χ3v) is 6.05. The topological polar surface area (TPSA) is 110 Å². The van der Waals surface area contributed by atoms with E-state index in [4.69, 9.17) is 16.3 Å². The molecule has 0 radical (unpaired) electrons. The molecule has 25 heavy (non-hydrogen) atoms. The van der Waals surface area contributed by atoms with Gasteiger partial charge in [0, 0.05) is 24.8 Å². The third-order valence-electron chi connectivity index (χ3n) is 4.17. The maximum absolute atomic E-state index is 12.2. The predicted molar refractivity (Wildman–Crippen MR) is 91.2 cm³/mol. The van der Waals surface area contributed by atoms with Crippen LogP contribution in [0.15, 0.2) is 29.2 Å². The SMILES string of the molecule is O=C(CS(=O)(=O)c1ccc(Cl)cc1)NCC(C(=O)O)C1CCOCC1. The Balaban J connectivity index is 1.94. The summed E-state index contributed by atoms with van der Waals surface area (Å²) in [4.78, 5) is 23.4. The van der Waals surface area contributed by atoms with Crippen LogP contribution in [0.3, 0.4) is 0 Å². The Hall–Kier alpha value is -1.64. The lowest BCUT2D eigenvalue weighted by molar-refractivity contribution is -0.144. The van der Waals surface area contributed by atoms with E-state index in [0.29, 0.717) is 31.1 Å². The van der Waals surface area contributed by atoms with Gasteiger partial charge >= 0.3 is 5.97 Å². The number of hydrogen-bond donors (Lipinski definition) is 2. The van der Waals surface area contributed by atoms with Crippen molar-refractivity contribution >= 4 is 33.3 Å². The quantitative estimate of drug-likeness (QED) is 0.728. The summed E-state index contributed by atoms with van der Waals surface area (Å²) >= 11 is 5.72. The predicted octanol–water partition coefficient (Wildman–Crippen LogP) is 1.36. The van der Waals surface area contributed by atoms with Crippen LogP contribution in [-0.2, 0) is 24.2 Å². The van der Waals surface area contributed by atoms with E-state index in [9.17, 15) is 23.1 Å². The highest BCUT2D eigenvalue weighted by Crippen LogP contribution is 2.23. The van der Waals surface area contributed by atoms with Crippen molar-refractivity contribution in [1.82, 2.24) is 5.32 Å². The second-order valence-electron chi connectivity index (χ2n) is 5.91. The molecule has 1 atom stereocenters. The Morgan fingerprint density at radius 2 is 1.84 bits per heavy atom. The van der Waals surface area contributed by atoms with Crippen molar-refractivity contribution in [2.24, 2.45) is 11.8 Å². The first kappa shape index (κ1) is 19.7. The van der Waals surface area contributed by atoms with E-state index in [-0.39, 0.29) is 17.4 Å². The average molecular weight is 390 g/mol. The lowest BCUT2D eigenvalue weighted by Crippen LogP contribution is -2.40. The first-order valence-corrected chi connectivity index (χ1v) is 9.88. The van der Waals surface area contributed by atoms with E-state index in [0.717, 1.165) is 0 Å². The number of carboxylic acids is 1. The van der Waals surface area contributed by atoms with Crippen LogP contribution in [0, 0.1) is 11.8 Å². The summed E-state index contributed by atoms with van der Waals surface area (Å²) in [6, 6.07) is 5.51. The van der Waals surface area contributed by atoms with Crippen molar-refractivity contribution in [3.63, 3.8) is 0 Å². The zero-order valence-electron chi connectivity index (χ0n) is 13.5. The molecule has 138 valence electrons. The number of nitrogens with one attached hydrogen (secondary N) is 1. The zero-order chi connectivity index (χ0) is 18.4. The lowest BCUT2D eigenvalue weighted by Gasteiger charge is -2.27. The molecule has 1 heterocycles. The molecular formula is C16H20ClNO6S. The number of carbonyl (C=O) groups excluding carboxylic acids is 1. The van der Waals surface area contributed by atoms with Crippen LogP contribution < -0.4 is 5.32 Å². The van der Waals surface area contributed by atoms with Crippen molar-refractivity contribution in [3.05, 3.63) is 29.3 Å². The van der Waals surface area contributed by atoms with Crippen LogP contribution in [-0.4, -0.2) is 50.9 Å². The number of halogens is 1. The van der Waals surface area contributed by atoms with Gasteiger partial charge in [0.1, 0.15) is 5.75 Å². The minimum Gasteiger partial charge on any atom is -0.481 e. The molecule has 1 amide bonds. The summed E-state index contributed by atoms with van der Waals surface area (Å²) < 4.78 is 29.6. The summed E-state index contributed by atoms with van der Waals surface area (Å²) in [5, 5.41) is 12.2. The van der Waals surface area contributed by atoms with Crippen LogP contribution in [0.1, 0.15) is 12.8 Å². The molecule has 1 saturated heterocycles. The maximum Gasteiger partial charge on any atom is 0.308 e. The zero-order valence-corrected chi connectivity index (χ0v) is 15.1. The van der Waals surface area contributed by atoms with Crippen molar-refractivity contribution in [2.75, 3.05) is 25.5 Å². The minimum atomic E-state index is -3.81. The Morgan fingerprint density at radius 3 is 2.40 bits per heavy atom. The molecule has 2 rings (SSSR count). The molecule has 1 aliphatic rings. The van der Waals surface area contributed by atoms with Gasteiger partial charge in [-0.25, -0.2) is 8.42 Å². The Morgan fingerprint density at radius 1 is 1.24 bits per heavy atom. The Bertz CT molecular complexity index is 713. The van der Waals surface area contributed by atoms with Crippen molar-refractivity contribution in [2.45, 2.75) is 17.7 Å². The first-order valence-electron chi connectivity index (χ1n) is 7.85. The molecule has 0 aromatic heterocycles. The maximum atomic E-state index is 12.2. The fourth-order valence-electron chi connectivity index (χ4n) is 2.75. The van der Waals surface area contributed by atoms with Gasteiger partial charge in [-0.1, -0.05) is 11.6 Å². The number of carbonyl (C=O) groups is 2. The molecule has 7 nitrogen and oxygen atoms in total. The summed E-state index contributed by atoms with van der Waals surface area (Å²) in [6.45, 7) is 0.885. The molecule has 9 heteroatoms. The monoisotopic (exact) mass is 389 g/mol. The molecule has 0 bridgehead atoms. The Kier molecular flexibility index (Phi) is 6.80. The number of aliphatic carboxylic acids is 1. The van der Waals surface area contributed by atoms with E-state index in [1.54, 1.807) is 0 Å².